The van der Waals surface area contributed by atoms with Crippen molar-refractivity contribution in [1.29, 1.82) is 0 Å². The smallest absolute Gasteiger partial charge is 0.0708 e. The number of nitrogens with zero attached hydrogens (tertiary/aromatic N) is 1. The van der Waals surface area contributed by atoms with Gasteiger partial charge in [0.15, 0.2) is 0 Å². The third-order valence-corrected chi connectivity index (χ3v) is 2.64. The van der Waals surface area contributed by atoms with Gasteiger partial charge in [0.25, 0.3) is 0 Å². The molecule has 0 aliphatic carbocycles. The number of fused-ring (bicyclic) bond motifs is 1. The van der Waals surface area contributed by atoms with E-state index in [0.29, 0.717) is 0 Å². The molecule has 2 aromatic carbocycles. The second-order valence-electron chi connectivity index (χ2n) is 3.71. The van der Waals surface area contributed by atoms with E-state index in [-0.39, 0.29) is 0 Å². The highest BCUT2D eigenvalue weighted by atomic mass is 14.7. The molecule has 75 valence electrons. The highest BCUT2D eigenvalue weighted by Gasteiger charge is 1.99. The number of hydrogen-bond donors (Lipinski definition) is 0. The second-order valence-corrected chi connectivity index (χ2v) is 3.71. The van der Waals surface area contributed by atoms with Gasteiger partial charge >= 0.3 is 0 Å². The van der Waals surface area contributed by atoms with Crippen LogP contribution in [0.4, 0.5) is 0 Å². The van der Waals surface area contributed by atoms with Gasteiger partial charge in [-0.3, -0.25) is 4.98 Å². The zero-order valence-electron chi connectivity index (χ0n) is 8.72. The van der Waals surface area contributed by atoms with Crippen LogP contribution in [0.15, 0.2) is 60.8 Å². The van der Waals surface area contributed by atoms with Crippen molar-refractivity contribution in [3.8, 4) is 11.3 Å². The van der Waals surface area contributed by atoms with Gasteiger partial charge < -0.3 is 0 Å². The number of pyridine rings is 1. The summed E-state index contributed by atoms with van der Waals surface area (Å²) in [7, 11) is 0. The lowest BCUT2D eigenvalue weighted by atomic mass is 10.1. The van der Waals surface area contributed by atoms with Crippen LogP contribution >= 0.6 is 0 Å². The Hall–Kier alpha value is -2.15. The van der Waals surface area contributed by atoms with E-state index in [4.69, 9.17) is 0 Å². The Balaban J connectivity index is 2.19. The average Bonchev–Trinajstić information content (AvgIpc) is 2.39. The molecule has 1 heteroatoms. The molecule has 1 radical (unpaired) electrons. The summed E-state index contributed by atoms with van der Waals surface area (Å²) in [4.78, 5) is 4.46. The van der Waals surface area contributed by atoms with Crippen LogP contribution in [0, 0.1) is 6.07 Å². The van der Waals surface area contributed by atoms with E-state index in [1.165, 1.54) is 10.8 Å². The molecular formula is C15H10N. The molecule has 0 aliphatic heterocycles. The van der Waals surface area contributed by atoms with Gasteiger partial charge in [0, 0.05) is 17.1 Å². The summed E-state index contributed by atoms with van der Waals surface area (Å²) >= 11 is 0. The zero-order chi connectivity index (χ0) is 10.8. The SMILES string of the molecule is [c]1ccc(-c2cc3ccccc3cn2)cc1. The molecule has 0 saturated heterocycles. The molecule has 16 heavy (non-hydrogen) atoms. The van der Waals surface area contributed by atoms with Crippen molar-refractivity contribution in [2.45, 2.75) is 0 Å². The average molecular weight is 204 g/mol. The summed E-state index contributed by atoms with van der Waals surface area (Å²) in [5.74, 6) is 0. The predicted octanol–water partition coefficient (Wildman–Crippen LogP) is 3.70. The lowest BCUT2D eigenvalue weighted by Gasteiger charge is -2.02. The summed E-state index contributed by atoms with van der Waals surface area (Å²) in [6.07, 6.45) is 1.92. The van der Waals surface area contributed by atoms with Gasteiger partial charge in [-0.25, -0.2) is 0 Å². The molecule has 1 heterocycles. The topological polar surface area (TPSA) is 12.9 Å². The molecule has 0 unspecified atom stereocenters. The highest BCUT2D eigenvalue weighted by molar-refractivity contribution is 5.85. The Morgan fingerprint density at radius 3 is 2.44 bits per heavy atom. The molecular weight excluding hydrogens is 194 g/mol. The van der Waals surface area contributed by atoms with Crippen LogP contribution in [0.3, 0.4) is 0 Å². The van der Waals surface area contributed by atoms with E-state index in [2.05, 4.69) is 29.2 Å². The summed E-state index contributed by atoms with van der Waals surface area (Å²) in [6, 6.07) is 21.3. The Bertz CT molecular complexity index is 614. The normalized spacial score (nSPS) is 10.5. The van der Waals surface area contributed by atoms with Crippen LogP contribution in [0.1, 0.15) is 0 Å². The summed E-state index contributed by atoms with van der Waals surface area (Å²) < 4.78 is 0. The van der Waals surface area contributed by atoms with Crippen molar-refractivity contribution in [3.63, 3.8) is 0 Å². The number of rotatable bonds is 1. The van der Waals surface area contributed by atoms with Gasteiger partial charge in [-0.2, -0.15) is 0 Å². The minimum Gasteiger partial charge on any atom is -0.256 e. The van der Waals surface area contributed by atoms with E-state index >= 15 is 0 Å². The van der Waals surface area contributed by atoms with E-state index < -0.39 is 0 Å². The Morgan fingerprint density at radius 1 is 0.875 bits per heavy atom. The molecule has 0 fully saturated rings. The van der Waals surface area contributed by atoms with Crippen LogP contribution in [0.5, 0.6) is 0 Å². The minimum absolute atomic E-state index is 1.01. The third kappa shape index (κ3) is 1.57. The maximum absolute atomic E-state index is 4.46. The van der Waals surface area contributed by atoms with Crippen molar-refractivity contribution in [2.24, 2.45) is 0 Å². The molecule has 0 amide bonds. The first-order chi connectivity index (χ1) is 7.93. The van der Waals surface area contributed by atoms with Crippen molar-refractivity contribution in [3.05, 3.63) is 66.9 Å². The van der Waals surface area contributed by atoms with Crippen molar-refractivity contribution < 1.29 is 0 Å². The Morgan fingerprint density at radius 2 is 1.62 bits per heavy atom. The lowest BCUT2D eigenvalue weighted by molar-refractivity contribution is 1.36. The molecule has 0 atom stereocenters. The zero-order valence-corrected chi connectivity index (χ0v) is 8.72. The Labute approximate surface area is 94.4 Å². The molecule has 1 nitrogen and oxygen atoms in total. The second kappa shape index (κ2) is 3.78. The minimum atomic E-state index is 1.01. The molecule has 0 N–H and O–H groups in total. The van der Waals surface area contributed by atoms with Crippen LogP contribution in [-0.4, -0.2) is 4.98 Å². The molecule has 0 spiro atoms. The van der Waals surface area contributed by atoms with Gasteiger partial charge in [-0.15, -0.1) is 0 Å². The van der Waals surface area contributed by atoms with Gasteiger partial charge in [0.1, 0.15) is 0 Å². The lowest BCUT2D eigenvalue weighted by Crippen LogP contribution is -1.83. The largest absolute Gasteiger partial charge is 0.256 e. The quantitative estimate of drug-likeness (QED) is 0.589. The molecule has 0 saturated carbocycles. The first-order valence-corrected chi connectivity index (χ1v) is 5.25. The van der Waals surface area contributed by atoms with Crippen LogP contribution in [0.2, 0.25) is 0 Å². The molecule has 3 aromatic rings. The molecule has 0 bridgehead atoms. The summed E-state index contributed by atoms with van der Waals surface area (Å²) in [5.41, 5.74) is 2.14. The van der Waals surface area contributed by atoms with Gasteiger partial charge in [0.05, 0.1) is 5.69 Å². The van der Waals surface area contributed by atoms with Crippen LogP contribution in [0.25, 0.3) is 22.0 Å². The van der Waals surface area contributed by atoms with Crippen molar-refractivity contribution in [1.82, 2.24) is 4.98 Å². The first kappa shape index (κ1) is 9.10. The number of aromatic nitrogens is 1. The standard InChI is InChI=1S/C15H10N/c1-2-6-12(7-3-1)15-10-13-8-4-5-9-14(13)11-16-15/h2-11H. The van der Waals surface area contributed by atoms with E-state index in [0.717, 1.165) is 11.3 Å². The third-order valence-electron chi connectivity index (χ3n) is 2.64. The van der Waals surface area contributed by atoms with Gasteiger partial charge in [0.2, 0.25) is 0 Å². The summed E-state index contributed by atoms with van der Waals surface area (Å²) in [5, 5.41) is 2.40. The maximum atomic E-state index is 4.46. The molecule has 3 rings (SSSR count). The fraction of sp³-hybridized carbons (Fsp3) is 0. The summed E-state index contributed by atoms with van der Waals surface area (Å²) in [6.45, 7) is 0. The van der Waals surface area contributed by atoms with E-state index in [9.17, 15) is 0 Å². The highest BCUT2D eigenvalue weighted by Crippen LogP contribution is 2.21. The first-order valence-electron chi connectivity index (χ1n) is 5.25. The van der Waals surface area contributed by atoms with E-state index in [1.807, 2.05) is 42.6 Å². The van der Waals surface area contributed by atoms with Crippen molar-refractivity contribution in [2.75, 3.05) is 0 Å². The maximum Gasteiger partial charge on any atom is 0.0708 e. The predicted molar refractivity (Wildman–Crippen MR) is 66.0 cm³/mol. The van der Waals surface area contributed by atoms with Crippen LogP contribution < -0.4 is 0 Å². The van der Waals surface area contributed by atoms with Crippen molar-refractivity contribution >= 4 is 10.8 Å². The number of hydrogen-bond acceptors (Lipinski definition) is 1. The Kier molecular flexibility index (Phi) is 2.15. The van der Waals surface area contributed by atoms with Gasteiger partial charge in [-0.05, 0) is 17.5 Å². The van der Waals surface area contributed by atoms with E-state index in [1.54, 1.807) is 0 Å². The molecule has 1 aromatic heterocycles. The molecule has 0 aliphatic rings. The fourth-order valence-corrected chi connectivity index (χ4v) is 1.80. The number of benzene rings is 2. The fourth-order valence-electron chi connectivity index (χ4n) is 1.80. The monoisotopic (exact) mass is 204 g/mol. The van der Waals surface area contributed by atoms with Gasteiger partial charge in [-0.1, -0.05) is 48.5 Å². The van der Waals surface area contributed by atoms with Crippen LogP contribution in [-0.2, 0) is 0 Å².